The smallest absolute Gasteiger partial charge is 0.245 e. The Balaban J connectivity index is 2.48. The summed E-state index contributed by atoms with van der Waals surface area (Å²) in [7, 11) is 0. The van der Waals surface area contributed by atoms with Crippen molar-refractivity contribution in [3.8, 4) is 0 Å². The normalized spacial score (nSPS) is 18.7. The molecule has 98 valence electrons. The lowest BCUT2D eigenvalue weighted by atomic mass is 9.97. The number of halogens is 2. The molecule has 0 radical (unpaired) electrons. The molecule has 1 saturated heterocycles. The second-order valence-electron chi connectivity index (χ2n) is 4.79. The molecule has 0 aliphatic carbocycles. The summed E-state index contributed by atoms with van der Waals surface area (Å²) in [5, 5.41) is 3.68. The zero-order valence-corrected chi connectivity index (χ0v) is 11.8. The van der Waals surface area contributed by atoms with E-state index in [0.29, 0.717) is 28.8 Å². The van der Waals surface area contributed by atoms with Crippen LogP contribution in [0.3, 0.4) is 0 Å². The Hall–Kier alpha value is -1.13. The van der Waals surface area contributed by atoms with E-state index < -0.39 is 5.54 Å². The highest BCUT2D eigenvalue weighted by molar-refractivity contribution is 6.42. The van der Waals surface area contributed by atoms with Crippen LogP contribution in [0.4, 0.5) is 11.4 Å². The predicted octanol–water partition coefficient (Wildman–Crippen LogP) is 2.29. The molecule has 6 heteroatoms. The number of carbonyl (C=O) groups is 1. The predicted molar refractivity (Wildman–Crippen MR) is 75.3 cm³/mol. The van der Waals surface area contributed by atoms with Gasteiger partial charge in [-0.05, 0) is 26.0 Å². The Kier molecular flexibility index (Phi) is 3.34. The van der Waals surface area contributed by atoms with Crippen molar-refractivity contribution < 1.29 is 4.79 Å². The molecule has 1 amide bonds. The van der Waals surface area contributed by atoms with Crippen molar-refractivity contribution in [3.05, 3.63) is 22.2 Å². The van der Waals surface area contributed by atoms with Crippen LogP contribution in [0.15, 0.2) is 12.1 Å². The molecule has 0 bridgehead atoms. The maximum Gasteiger partial charge on any atom is 0.245 e. The molecule has 1 aliphatic rings. The lowest BCUT2D eigenvalue weighted by molar-refractivity contribution is -0.126. The number of nitrogen functional groups attached to an aromatic ring is 1. The second-order valence-corrected chi connectivity index (χ2v) is 5.61. The first-order chi connectivity index (χ1) is 8.34. The monoisotopic (exact) mass is 287 g/mol. The Labute approximate surface area is 116 Å². The average molecular weight is 288 g/mol. The summed E-state index contributed by atoms with van der Waals surface area (Å²) in [6, 6.07) is 3.32. The van der Waals surface area contributed by atoms with Crippen molar-refractivity contribution in [2.75, 3.05) is 23.7 Å². The third-order valence-electron chi connectivity index (χ3n) is 3.21. The van der Waals surface area contributed by atoms with Gasteiger partial charge in [-0.2, -0.15) is 0 Å². The van der Waals surface area contributed by atoms with Crippen molar-refractivity contribution >= 4 is 40.5 Å². The van der Waals surface area contributed by atoms with Gasteiger partial charge in [0.1, 0.15) is 5.54 Å². The summed E-state index contributed by atoms with van der Waals surface area (Å²) in [6.07, 6.45) is 0. The number of anilines is 2. The molecule has 1 aromatic carbocycles. The first-order valence-corrected chi connectivity index (χ1v) is 6.40. The third kappa shape index (κ3) is 2.10. The Bertz CT molecular complexity index is 502. The van der Waals surface area contributed by atoms with Crippen LogP contribution < -0.4 is 16.0 Å². The Morgan fingerprint density at radius 2 is 1.94 bits per heavy atom. The van der Waals surface area contributed by atoms with E-state index in [9.17, 15) is 4.79 Å². The van der Waals surface area contributed by atoms with Gasteiger partial charge in [0.2, 0.25) is 5.91 Å². The van der Waals surface area contributed by atoms with Gasteiger partial charge in [0.15, 0.2) is 0 Å². The lowest BCUT2D eigenvalue weighted by Gasteiger charge is -2.43. The number of carbonyl (C=O) groups excluding carboxylic acids is 1. The highest BCUT2D eigenvalue weighted by Gasteiger charge is 2.38. The number of amides is 1. The lowest BCUT2D eigenvalue weighted by Crippen LogP contribution is -2.62. The van der Waals surface area contributed by atoms with E-state index in [0.717, 1.165) is 5.69 Å². The number of rotatable bonds is 1. The number of nitrogens with two attached hydrogens (primary N) is 1. The van der Waals surface area contributed by atoms with E-state index in [-0.39, 0.29) is 5.91 Å². The van der Waals surface area contributed by atoms with Crippen LogP contribution in [-0.2, 0) is 4.79 Å². The van der Waals surface area contributed by atoms with E-state index in [1.807, 2.05) is 18.7 Å². The topological polar surface area (TPSA) is 58.4 Å². The summed E-state index contributed by atoms with van der Waals surface area (Å²) < 4.78 is 0. The fourth-order valence-corrected chi connectivity index (χ4v) is 2.44. The zero-order valence-electron chi connectivity index (χ0n) is 10.3. The maximum absolute atomic E-state index is 11.9. The van der Waals surface area contributed by atoms with Crippen molar-refractivity contribution in [2.45, 2.75) is 19.4 Å². The van der Waals surface area contributed by atoms with Gasteiger partial charge in [0.25, 0.3) is 0 Å². The van der Waals surface area contributed by atoms with Gasteiger partial charge in [-0.15, -0.1) is 0 Å². The molecule has 0 atom stereocenters. The maximum atomic E-state index is 11.9. The summed E-state index contributed by atoms with van der Waals surface area (Å²) in [6.45, 7) is 4.97. The standard InChI is InChI=1S/C12H15Cl2N3O/c1-12(2)11(18)16-3-4-17(12)10-6-8(14)7(13)5-9(10)15/h5-6H,3-4,15H2,1-2H3,(H,16,18). The fraction of sp³-hybridized carbons (Fsp3) is 0.417. The second kappa shape index (κ2) is 4.52. The van der Waals surface area contributed by atoms with Gasteiger partial charge < -0.3 is 16.0 Å². The summed E-state index contributed by atoms with van der Waals surface area (Å²) in [5.74, 6) is -0.0285. The van der Waals surface area contributed by atoms with Gasteiger partial charge >= 0.3 is 0 Å². The molecule has 18 heavy (non-hydrogen) atoms. The van der Waals surface area contributed by atoms with E-state index >= 15 is 0 Å². The minimum atomic E-state index is -0.663. The average Bonchev–Trinajstić information content (AvgIpc) is 2.28. The van der Waals surface area contributed by atoms with E-state index in [1.54, 1.807) is 12.1 Å². The number of piperazine rings is 1. The molecular formula is C12H15Cl2N3O. The molecule has 1 heterocycles. The Morgan fingerprint density at radius 1 is 1.33 bits per heavy atom. The highest BCUT2D eigenvalue weighted by Crippen LogP contribution is 2.36. The summed E-state index contributed by atoms with van der Waals surface area (Å²) >= 11 is 11.9. The number of benzene rings is 1. The van der Waals surface area contributed by atoms with Gasteiger partial charge in [-0.25, -0.2) is 0 Å². The van der Waals surface area contributed by atoms with Crippen LogP contribution in [0.1, 0.15) is 13.8 Å². The van der Waals surface area contributed by atoms with Crippen molar-refractivity contribution in [3.63, 3.8) is 0 Å². The molecule has 0 unspecified atom stereocenters. The van der Waals surface area contributed by atoms with E-state index in [4.69, 9.17) is 28.9 Å². The molecule has 2 rings (SSSR count). The minimum absolute atomic E-state index is 0.0285. The molecule has 1 aliphatic heterocycles. The zero-order chi connectivity index (χ0) is 13.5. The molecule has 0 aromatic heterocycles. The third-order valence-corrected chi connectivity index (χ3v) is 3.93. The van der Waals surface area contributed by atoms with E-state index in [2.05, 4.69) is 5.32 Å². The van der Waals surface area contributed by atoms with Crippen LogP contribution in [0, 0.1) is 0 Å². The summed E-state index contributed by atoms with van der Waals surface area (Å²) in [4.78, 5) is 13.9. The SMILES string of the molecule is CC1(C)C(=O)NCCN1c1cc(Cl)c(Cl)cc1N. The van der Waals surface area contributed by atoms with Gasteiger partial charge in [0.05, 0.1) is 21.4 Å². The highest BCUT2D eigenvalue weighted by atomic mass is 35.5. The first-order valence-electron chi connectivity index (χ1n) is 5.64. The van der Waals surface area contributed by atoms with Crippen LogP contribution >= 0.6 is 23.2 Å². The van der Waals surface area contributed by atoms with Gasteiger partial charge in [-0.3, -0.25) is 4.79 Å². The number of nitrogens with zero attached hydrogens (tertiary/aromatic N) is 1. The molecule has 1 aromatic rings. The molecule has 0 saturated carbocycles. The molecule has 0 spiro atoms. The van der Waals surface area contributed by atoms with Crippen molar-refractivity contribution in [1.82, 2.24) is 5.32 Å². The van der Waals surface area contributed by atoms with Crippen LogP contribution in [0.5, 0.6) is 0 Å². The molecular weight excluding hydrogens is 273 g/mol. The van der Waals surface area contributed by atoms with Crippen LogP contribution in [0.25, 0.3) is 0 Å². The van der Waals surface area contributed by atoms with Crippen LogP contribution in [0.2, 0.25) is 10.0 Å². The van der Waals surface area contributed by atoms with E-state index in [1.165, 1.54) is 0 Å². The van der Waals surface area contributed by atoms with Crippen molar-refractivity contribution in [1.29, 1.82) is 0 Å². The minimum Gasteiger partial charge on any atom is -0.397 e. The Morgan fingerprint density at radius 3 is 2.61 bits per heavy atom. The van der Waals surface area contributed by atoms with Crippen molar-refractivity contribution in [2.24, 2.45) is 0 Å². The number of hydrogen-bond acceptors (Lipinski definition) is 3. The number of nitrogens with one attached hydrogen (secondary N) is 1. The molecule has 4 nitrogen and oxygen atoms in total. The number of hydrogen-bond donors (Lipinski definition) is 2. The largest absolute Gasteiger partial charge is 0.397 e. The fourth-order valence-electron chi connectivity index (χ4n) is 2.11. The van der Waals surface area contributed by atoms with Gasteiger partial charge in [-0.1, -0.05) is 23.2 Å². The van der Waals surface area contributed by atoms with Crippen LogP contribution in [-0.4, -0.2) is 24.5 Å². The molecule has 1 fully saturated rings. The quantitative estimate of drug-likeness (QED) is 0.779. The first kappa shape index (κ1) is 13.3. The summed E-state index contributed by atoms with van der Waals surface area (Å²) in [5.41, 5.74) is 6.57. The van der Waals surface area contributed by atoms with Gasteiger partial charge in [0, 0.05) is 13.1 Å². The molecule has 3 N–H and O–H groups in total.